The molecule has 0 atom stereocenters. The molecule has 27 heavy (non-hydrogen) atoms. The first-order valence-corrected chi connectivity index (χ1v) is 10.0. The largest absolute Gasteiger partial charge is 0.355 e. The first kappa shape index (κ1) is 17.6. The summed E-state index contributed by atoms with van der Waals surface area (Å²) in [5.41, 5.74) is 4.04. The number of hydrogen-bond acceptors (Lipinski definition) is 4. The van der Waals surface area contributed by atoms with Gasteiger partial charge < -0.3 is 14.9 Å². The lowest BCUT2D eigenvalue weighted by Crippen LogP contribution is -2.27. The maximum absolute atomic E-state index is 12.2. The Bertz CT molecular complexity index is 1050. The van der Waals surface area contributed by atoms with Gasteiger partial charge in [0.1, 0.15) is 5.82 Å². The lowest BCUT2D eigenvalue weighted by Gasteiger charge is -2.06. The molecule has 0 radical (unpaired) electrons. The summed E-state index contributed by atoms with van der Waals surface area (Å²) in [5, 5.41) is 3.84. The first-order valence-electron chi connectivity index (χ1n) is 9.03. The molecule has 4 rings (SSSR count). The molecule has 0 aliphatic rings. The standard InChI is InChI=1S/C20H21N5OS/c1-2-25-17-10-6-5-9-16(17)24-20(25)27-13-19(26)21-12-11-18-22-14-7-3-4-8-15(14)23-18/h3-10H,2,11-13H2,1H3,(H,21,26)(H,22,23). The molecule has 2 aromatic heterocycles. The summed E-state index contributed by atoms with van der Waals surface area (Å²) in [6.07, 6.45) is 0.679. The van der Waals surface area contributed by atoms with Gasteiger partial charge in [-0.05, 0) is 31.2 Å². The maximum Gasteiger partial charge on any atom is 0.230 e. The second-order valence-corrected chi connectivity index (χ2v) is 7.16. The molecule has 2 heterocycles. The van der Waals surface area contributed by atoms with Crippen LogP contribution in [0.15, 0.2) is 53.7 Å². The number of H-pyrrole nitrogens is 1. The van der Waals surface area contributed by atoms with E-state index in [1.807, 2.05) is 42.5 Å². The molecular weight excluding hydrogens is 358 g/mol. The Kier molecular flexibility index (Phi) is 5.11. The normalized spacial score (nSPS) is 11.3. The molecule has 4 aromatic rings. The third-order valence-corrected chi connectivity index (χ3v) is 5.37. The molecule has 0 spiro atoms. The number of benzene rings is 2. The van der Waals surface area contributed by atoms with Gasteiger partial charge in [0, 0.05) is 19.5 Å². The molecule has 0 aliphatic carbocycles. The van der Waals surface area contributed by atoms with E-state index in [0.717, 1.165) is 39.6 Å². The molecule has 7 heteroatoms. The van der Waals surface area contributed by atoms with Crippen LogP contribution in [0.4, 0.5) is 0 Å². The minimum Gasteiger partial charge on any atom is -0.355 e. The number of para-hydroxylation sites is 4. The molecule has 138 valence electrons. The molecule has 1 amide bonds. The van der Waals surface area contributed by atoms with Gasteiger partial charge in [-0.2, -0.15) is 0 Å². The van der Waals surface area contributed by atoms with Gasteiger partial charge in [-0.1, -0.05) is 36.0 Å². The number of nitrogens with one attached hydrogen (secondary N) is 2. The van der Waals surface area contributed by atoms with Gasteiger partial charge in [-0.3, -0.25) is 4.79 Å². The maximum atomic E-state index is 12.2. The number of imidazole rings is 2. The Morgan fingerprint density at radius 3 is 2.70 bits per heavy atom. The molecule has 0 unspecified atom stereocenters. The van der Waals surface area contributed by atoms with Crippen molar-refractivity contribution in [2.24, 2.45) is 0 Å². The number of fused-ring (bicyclic) bond motifs is 2. The van der Waals surface area contributed by atoms with Gasteiger partial charge in [-0.15, -0.1) is 0 Å². The van der Waals surface area contributed by atoms with Crippen molar-refractivity contribution in [3.63, 3.8) is 0 Å². The zero-order chi connectivity index (χ0) is 18.6. The average Bonchev–Trinajstić information content (AvgIpc) is 3.26. The number of hydrogen-bond donors (Lipinski definition) is 2. The van der Waals surface area contributed by atoms with Crippen LogP contribution in [0.25, 0.3) is 22.1 Å². The summed E-state index contributed by atoms with van der Waals surface area (Å²) in [6.45, 7) is 3.48. The van der Waals surface area contributed by atoms with E-state index in [1.54, 1.807) is 0 Å². The van der Waals surface area contributed by atoms with Crippen LogP contribution < -0.4 is 5.32 Å². The van der Waals surface area contributed by atoms with Crippen molar-refractivity contribution in [2.45, 2.75) is 25.0 Å². The van der Waals surface area contributed by atoms with E-state index in [1.165, 1.54) is 11.8 Å². The third-order valence-electron chi connectivity index (χ3n) is 4.39. The molecule has 2 N–H and O–H groups in total. The molecule has 2 aromatic carbocycles. The van der Waals surface area contributed by atoms with Crippen molar-refractivity contribution >= 4 is 39.7 Å². The SMILES string of the molecule is CCn1c(SCC(=O)NCCc2nc3ccccc3[nH]2)nc2ccccc21. The van der Waals surface area contributed by atoms with Crippen molar-refractivity contribution in [2.75, 3.05) is 12.3 Å². The lowest BCUT2D eigenvalue weighted by atomic mass is 10.3. The van der Waals surface area contributed by atoms with Gasteiger partial charge in [0.15, 0.2) is 5.16 Å². The van der Waals surface area contributed by atoms with E-state index < -0.39 is 0 Å². The van der Waals surface area contributed by atoms with Gasteiger partial charge in [-0.25, -0.2) is 9.97 Å². The van der Waals surface area contributed by atoms with E-state index in [9.17, 15) is 4.79 Å². The number of aromatic nitrogens is 4. The van der Waals surface area contributed by atoms with Gasteiger partial charge in [0.2, 0.25) is 5.91 Å². The number of nitrogens with zero attached hydrogens (tertiary/aromatic N) is 3. The fourth-order valence-electron chi connectivity index (χ4n) is 3.09. The third kappa shape index (κ3) is 3.83. The van der Waals surface area contributed by atoms with E-state index in [-0.39, 0.29) is 5.91 Å². The van der Waals surface area contributed by atoms with Gasteiger partial charge in [0.05, 0.1) is 27.8 Å². The van der Waals surface area contributed by atoms with Gasteiger partial charge in [0.25, 0.3) is 0 Å². The Labute approximate surface area is 161 Å². The molecule has 0 fully saturated rings. The number of thioether (sulfide) groups is 1. The number of carbonyl (C=O) groups excluding carboxylic acids is 1. The Morgan fingerprint density at radius 2 is 1.89 bits per heavy atom. The second-order valence-electron chi connectivity index (χ2n) is 6.22. The highest BCUT2D eigenvalue weighted by molar-refractivity contribution is 7.99. The zero-order valence-electron chi connectivity index (χ0n) is 15.1. The summed E-state index contributed by atoms with van der Waals surface area (Å²) in [5.74, 6) is 1.24. The minimum atomic E-state index is 0.00539. The van der Waals surface area contributed by atoms with Crippen LogP contribution in [-0.4, -0.2) is 37.7 Å². The number of aromatic amines is 1. The predicted molar refractivity (Wildman–Crippen MR) is 109 cm³/mol. The fraction of sp³-hybridized carbons (Fsp3) is 0.250. The number of carbonyl (C=O) groups is 1. The summed E-state index contributed by atoms with van der Waals surface area (Å²) >= 11 is 1.47. The van der Waals surface area contributed by atoms with Crippen molar-refractivity contribution < 1.29 is 4.79 Å². The van der Waals surface area contributed by atoms with Gasteiger partial charge >= 0.3 is 0 Å². The highest BCUT2D eigenvalue weighted by atomic mass is 32.2. The number of aryl methyl sites for hydroxylation is 1. The van der Waals surface area contributed by atoms with E-state index in [2.05, 4.69) is 37.8 Å². The topological polar surface area (TPSA) is 75.6 Å². The Morgan fingerprint density at radius 1 is 1.11 bits per heavy atom. The first-order chi connectivity index (χ1) is 13.2. The van der Waals surface area contributed by atoms with Crippen LogP contribution in [0, 0.1) is 0 Å². The number of rotatable bonds is 7. The summed E-state index contributed by atoms with van der Waals surface area (Å²) < 4.78 is 2.14. The molecule has 0 aliphatic heterocycles. The average molecular weight is 379 g/mol. The number of amides is 1. The minimum absolute atomic E-state index is 0.00539. The predicted octanol–water partition coefficient (Wildman–Crippen LogP) is 3.38. The Hall–Kier alpha value is -2.80. The molecule has 0 saturated heterocycles. The van der Waals surface area contributed by atoms with E-state index >= 15 is 0 Å². The van der Waals surface area contributed by atoms with Crippen LogP contribution >= 0.6 is 11.8 Å². The van der Waals surface area contributed by atoms with Crippen LogP contribution in [0.2, 0.25) is 0 Å². The van der Waals surface area contributed by atoms with Crippen molar-refractivity contribution in [1.82, 2.24) is 24.8 Å². The van der Waals surface area contributed by atoms with Crippen molar-refractivity contribution in [3.05, 3.63) is 54.4 Å². The Balaban J connectivity index is 1.31. The fourth-order valence-corrected chi connectivity index (χ4v) is 4.00. The van der Waals surface area contributed by atoms with Crippen molar-refractivity contribution in [1.29, 1.82) is 0 Å². The van der Waals surface area contributed by atoms with Crippen LogP contribution in [0.3, 0.4) is 0 Å². The molecule has 0 saturated carbocycles. The highest BCUT2D eigenvalue weighted by Crippen LogP contribution is 2.23. The molecular formula is C20H21N5OS. The molecule has 6 nitrogen and oxygen atoms in total. The summed E-state index contributed by atoms with van der Waals surface area (Å²) in [6, 6.07) is 16.0. The van der Waals surface area contributed by atoms with Crippen LogP contribution in [-0.2, 0) is 17.8 Å². The van der Waals surface area contributed by atoms with Crippen LogP contribution in [0.5, 0.6) is 0 Å². The quantitative estimate of drug-likeness (QED) is 0.483. The summed E-state index contributed by atoms with van der Waals surface area (Å²) in [7, 11) is 0. The second kappa shape index (κ2) is 7.84. The summed E-state index contributed by atoms with van der Waals surface area (Å²) in [4.78, 5) is 24.6. The monoisotopic (exact) mass is 379 g/mol. The van der Waals surface area contributed by atoms with E-state index in [0.29, 0.717) is 18.7 Å². The smallest absolute Gasteiger partial charge is 0.230 e. The molecule has 0 bridgehead atoms. The zero-order valence-corrected chi connectivity index (χ0v) is 15.9. The van der Waals surface area contributed by atoms with Crippen LogP contribution in [0.1, 0.15) is 12.7 Å². The van der Waals surface area contributed by atoms with Crippen molar-refractivity contribution in [3.8, 4) is 0 Å². The van der Waals surface area contributed by atoms with E-state index in [4.69, 9.17) is 0 Å². The lowest BCUT2D eigenvalue weighted by molar-refractivity contribution is -0.118. The highest BCUT2D eigenvalue weighted by Gasteiger charge is 2.11.